The van der Waals surface area contributed by atoms with Crippen LogP contribution in [-0.4, -0.2) is 30.1 Å². The van der Waals surface area contributed by atoms with Crippen LogP contribution in [0, 0.1) is 0 Å². The van der Waals surface area contributed by atoms with Gasteiger partial charge in [0.2, 0.25) is 0 Å². The lowest BCUT2D eigenvalue weighted by Gasteiger charge is -2.07. The van der Waals surface area contributed by atoms with Crippen molar-refractivity contribution in [2.75, 3.05) is 14.1 Å². The van der Waals surface area contributed by atoms with E-state index in [1.165, 1.54) is 5.37 Å². The van der Waals surface area contributed by atoms with Gasteiger partial charge in [-0.3, -0.25) is 4.79 Å². The van der Waals surface area contributed by atoms with Crippen molar-refractivity contribution >= 4 is 23.4 Å². The highest BCUT2D eigenvalue weighted by molar-refractivity contribution is 7.79. The van der Waals surface area contributed by atoms with E-state index in [-0.39, 0.29) is 5.78 Å². The quantitative estimate of drug-likeness (QED) is 0.440. The van der Waals surface area contributed by atoms with Crippen LogP contribution in [0.5, 0.6) is 0 Å². The predicted molar refractivity (Wildman–Crippen MR) is 66.2 cm³/mol. The highest BCUT2D eigenvalue weighted by Gasteiger charge is 2.09. The average Bonchev–Trinajstić information content (AvgIpc) is 2.26. The summed E-state index contributed by atoms with van der Waals surface area (Å²) in [4.78, 5) is 13.7. The summed E-state index contributed by atoms with van der Waals surface area (Å²) in [5.74, 6) is -0.0423. The van der Waals surface area contributed by atoms with E-state index in [0.29, 0.717) is 11.1 Å². The Morgan fingerprint density at radius 2 is 1.87 bits per heavy atom. The highest BCUT2D eigenvalue weighted by Crippen LogP contribution is 2.07. The largest absolute Gasteiger partial charge is 0.383 e. The van der Waals surface area contributed by atoms with Gasteiger partial charge < -0.3 is 4.90 Å². The van der Waals surface area contributed by atoms with Crippen molar-refractivity contribution in [3.63, 3.8) is 0 Å². The van der Waals surface area contributed by atoms with Crippen molar-refractivity contribution in [2.45, 2.75) is 0 Å². The first kappa shape index (κ1) is 11.6. The minimum atomic E-state index is -0.0423. The lowest BCUT2D eigenvalue weighted by atomic mass is 10.1. The maximum Gasteiger partial charge on any atom is 0.195 e. The molecule has 1 aromatic carbocycles. The fourth-order valence-electron chi connectivity index (χ4n) is 1.18. The summed E-state index contributed by atoms with van der Waals surface area (Å²) in [7, 11) is 3.72. The molecule has 0 N–H and O–H groups in total. The maximum atomic E-state index is 11.9. The van der Waals surface area contributed by atoms with E-state index in [1.54, 1.807) is 23.2 Å². The number of carbonyl (C=O) groups excluding carboxylic acids is 1. The Morgan fingerprint density at radius 1 is 1.27 bits per heavy atom. The first-order chi connectivity index (χ1) is 7.15. The minimum absolute atomic E-state index is 0.0423. The number of carbonyl (C=O) groups is 1. The van der Waals surface area contributed by atoms with Crippen LogP contribution in [0.4, 0.5) is 0 Å². The molecule has 0 saturated carbocycles. The van der Waals surface area contributed by atoms with Gasteiger partial charge in [0.25, 0.3) is 0 Å². The second kappa shape index (κ2) is 5.41. The molecule has 0 amide bonds. The summed E-state index contributed by atoms with van der Waals surface area (Å²) >= 11 is 4.83. The standard InChI is InChI=1S/C12H13NOS/c1-13(2)8-11(9-15)12(14)10-6-4-3-5-7-10/h3-9H,1-2H3. The summed E-state index contributed by atoms with van der Waals surface area (Å²) in [6.45, 7) is 0. The lowest BCUT2D eigenvalue weighted by Crippen LogP contribution is -2.10. The van der Waals surface area contributed by atoms with Crippen LogP contribution in [0.3, 0.4) is 0 Å². The van der Waals surface area contributed by atoms with Gasteiger partial charge in [-0.15, -0.1) is 0 Å². The Bertz CT molecular complexity index is 382. The number of thiocarbonyl (C=S) groups is 1. The van der Waals surface area contributed by atoms with Gasteiger partial charge in [-0.05, 0) is 0 Å². The van der Waals surface area contributed by atoms with Crippen molar-refractivity contribution in [3.8, 4) is 0 Å². The van der Waals surface area contributed by atoms with E-state index in [0.717, 1.165) is 0 Å². The molecule has 0 spiro atoms. The molecule has 0 aliphatic rings. The monoisotopic (exact) mass is 219 g/mol. The van der Waals surface area contributed by atoms with Crippen LogP contribution in [-0.2, 0) is 0 Å². The smallest absolute Gasteiger partial charge is 0.195 e. The minimum Gasteiger partial charge on any atom is -0.383 e. The van der Waals surface area contributed by atoms with Crippen LogP contribution >= 0.6 is 12.2 Å². The number of hydrogen-bond acceptors (Lipinski definition) is 3. The van der Waals surface area contributed by atoms with E-state index in [4.69, 9.17) is 12.2 Å². The number of hydrogen-bond donors (Lipinski definition) is 0. The fraction of sp³-hybridized carbons (Fsp3) is 0.167. The van der Waals surface area contributed by atoms with Gasteiger partial charge >= 0.3 is 0 Å². The Kier molecular flexibility index (Phi) is 4.18. The summed E-state index contributed by atoms with van der Waals surface area (Å²) in [5.41, 5.74) is 1.19. The average molecular weight is 219 g/mol. The number of rotatable bonds is 4. The molecule has 0 aliphatic carbocycles. The van der Waals surface area contributed by atoms with E-state index in [1.807, 2.05) is 32.3 Å². The third-order valence-electron chi connectivity index (χ3n) is 1.82. The molecule has 0 fully saturated rings. The molecule has 78 valence electrons. The molecular weight excluding hydrogens is 206 g/mol. The molecule has 0 aromatic heterocycles. The highest BCUT2D eigenvalue weighted by atomic mass is 32.1. The third kappa shape index (κ3) is 3.29. The normalized spacial score (nSPS) is 10.9. The summed E-state index contributed by atoms with van der Waals surface area (Å²) < 4.78 is 0. The van der Waals surface area contributed by atoms with Gasteiger partial charge in [-0.25, -0.2) is 0 Å². The maximum absolute atomic E-state index is 11.9. The van der Waals surface area contributed by atoms with E-state index < -0.39 is 0 Å². The molecule has 0 bridgehead atoms. The third-order valence-corrected chi connectivity index (χ3v) is 2.08. The summed E-state index contributed by atoms with van der Waals surface area (Å²) in [6, 6.07) is 9.12. The second-order valence-electron chi connectivity index (χ2n) is 3.36. The zero-order valence-electron chi connectivity index (χ0n) is 8.81. The molecule has 0 radical (unpaired) electrons. The van der Waals surface area contributed by atoms with Gasteiger partial charge in [0.15, 0.2) is 5.78 Å². The topological polar surface area (TPSA) is 20.3 Å². The van der Waals surface area contributed by atoms with Crippen molar-refractivity contribution in [1.82, 2.24) is 4.90 Å². The first-order valence-corrected chi connectivity index (χ1v) is 5.05. The Labute approximate surface area is 95.2 Å². The van der Waals surface area contributed by atoms with Gasteiger partial charge in [0.05, 0.1) is 0 Å². The van der Waals surface area contributed by atoms with Crippen LogP contribution in [0.2, 0.25) is 0 Å². The summed E-state index contributed by atoms with van der Waals surface area (Å²) in [5, 5.41) is 1.41. The zero-order valence-corrected chi connectivity index (χ0v) is 9.62. The predicted octanol–water partition coefficient (Wildman–Crippen LogP) is 2.31. The van der Waals surface area contributed by atoms with Gasteiger partial charge in [-0.1, -0.05) is 42.5 Å². The van der Waals surface area contributed by atoms with Gasteiger partial charge in [0.1, 0.15) is 0 Å². The van der Waals surface area contributed by atoms with Crippen LogP contribution in [0.1, 0.15) is 10.4 Å². The van der Waals surface area contributed by atoms with Gasteiger partial charge in [-0.2, -0.15) is 0 Å². The SMILES string of the molecule is CN(C)C=C(C=S)C(=O)c1ccccc1. The number of allylic oxidation sites excluding steroid dienone is 1. The van der Waals surface area contributed by atoms with E-state index in [9.17, 15) is 4.79 Å². The lowest BCUT2D eigenvalue weighted by molar-refractivity contribution is 0.103. The van der Waals surface area contributed by atoms with E-state index in [2.05, 4.69) is 0 Å². The molecule has 0 atom stereocenters. The summed E-state index contributed by atoms with van der Waals surface area (Å²) in [6.07, 6.45) is 1.72. The molecule has 15 heavy (non-hydrogen) atoms. The van der Waals surface area contributed by atoms with Crippen molar-refractivity contribution in [3.05, 3.63) is 47.7 Å². The number of benzene rings is 1. The molecule has 0 unspecified atom stereocenters. The Hall–Kier alpha value is -1.48. The van der Waals surface area contributed by atoms with Crippen molar-refractivity contribution in [1.29, 1.82) is 0 Å². The molecule has 2 nitrogen and oxygen atoms in total. The molecular formula is C12H13NOS. The van der Waals surface area contributed by atoms with Crippen LogP contribution in [0.15, 0.2) is 42.1 Å². The number of nitrogens with zero attached hydrogens (tertiary/aromatic N) is 1. The first-order valence-electron chi connectivity index (χ1n) is 4.58. The molecule has 0 heterocycles. The molecule has 0 saturated heterocycles. The molecule has 0 aliphatic heterocycles. The van der Waals surface area contributed by atoms with E-state index >= 15 is 0 Å². The van der Waals surface area contributed by atoms with Crippen LogP contribution < -0.4 is 0 Å². The molecule has 3 heteroatoms. The Balaban J connectivity index is 2.98. The molecule has 1 aromatic rings. The zero-order chi connectivity index (χ0) is 11.3. The number of Topliss-reactive ketones (excluding diaryl/α,β-unsaturated/α-hetero) is 1. The Morgan fingerprint density at radius 3 is 2.33 bits per heavy atom. The van der Waals surface area contributed by atoms with Crippen molar-refractivity contribution in [2.24, 2.45) is 0 Å². The van der Waals surface area contributed by atoms with Gasteiger partial charge in [0, 0.05) is 36.8 Å². The van der Waals surface area contributed by atoms with Crippen molar-refractivity contribution < 1.29 is 4.79 Å². The molecule has 1 rings (SSSR count). The van der Waals surface area contributed by atoms with Crippen LogP contribution in [0.25, 0.3) is 0 Å². The fourth-order valence-corrected chi connectivity index (χ4v) is 1.34. The number of ketones is 1. The second-order valence-corrected chi connectivity index (χ2v) is 3.60.